The van der Waals surface area contributed by atoms with Gasteiger partial charge in [0, 0.05) is 6.54 Å². The zero-order chi connectivity index (χ0) is 21.9. The monoisotopic (exact) mass is 401 g/mol. The molecule has 3 atom stereocenters. The van der Waals surface area contributed by atoms with Gasteiger partial charge in [0.05, 0.1) is 12.5 Å². The first-order valence-electron chi connectivity index (χ1n) is 8.86. The summed E-state index contributed by atoms with van der Waals surface area (Å²) in [5.74, 6) is -3.58. The number of nitrogens with one attached hydrogen (secondary N) is 2. The summed E-state index contributed by atoms with van der Waals surface area (Å²) in [6.07, 6.45) is 0.217. The van der Waals surface area contributed by atoms with Gasteiger partial charge in [-0.1, -0.05) is 13.8 Å². The summed E-state index contributed by atoms with van der Waals surface area (Å²) in [6.45, 7) is 3.94. The van der Waals surface area contributed by atoms with Gasteiger partial charge in [0.15, 0.2) is 5.96 Å². The van der Waals surface area contributed by atoms with Crippen molar-refractivity contribution in [3.63, 3.8) is 0 Å². The third kappa shape index (κ3) is 11.0. The molecule has 0 fully saturated rings. The first kappa shape index (κ1) is 25.1. The van der Waals surface area contributed by atoms with E-state index in [9.17, 15) is 24.3 Å². The molecule has 11 N–H and O–H groups in total. The van der Waals surface area contributed by atoms with Crippen LogP contribution in [0.15, 0.2) is 4.99 Å². The van der Waals surface area contributed by atoms with Crippen LogP contribution in [0.2, 0.25) is 0 Å². The predicted octanol–water partition coefficient (Wildman–Crippen LogP) is -2.66. The van der Waals surface area contributed by atoms with Gasteiger partial charge in [0.2, 0.25) is 17.7 Å². The molecule has 28 heavy (non-hydrogen) atoms. The fourth-order valence-electron chi connectivity index (χ4n) is 2.34. The molecule has 0 aromatic carbocycles. The third-order valence-electron chi connectivity index (χ3n) is 3.66. The van der Waals surface area contributed by atoms with E-state index in [-0.39, 0.29) is 24.8 Å². The second-order valence-corrected chi connectivity index (χ2v) is 6.82. The highest BCUT2D eigenvalue weighted by Crippen LogP contribution is 2.05. The number of nitrogens with two attached hydrogens (primary N) is 4. The van der Waals surface area contributed by atoms with Gasteiger partial charge in [-0.25, -0.2) is 4.79 Å². The summed E-state index contributed by atoms with van der Waals surface area (Å²) in [6, 6.07) is -3.46. The van der Waals surface area contributed by atoms with E-state index < -0.39 is 48.2 Å². The number of aliphatic imine (C=N–C) groups is 1. The highest BCUT2D eigenvalue weighted by atomic mass is 16.4. The van der Waals surface area contributed by atoms with Gasteiger partial charge in [-0.05, 0) is 25.2 Å². The molecular weight excluding hydrogens is 370 g/mol. The Morgan fingerprint density at radius 3 is 2.04 bits per heavy atom. The lowest BCUT2D eigenvalue weighted by atomic mass is 10.0. The first-order valence-corrected chi connectivity index (χ1v) is 8.86. The maximum atomic E-state index is 12.4. The number of rotatable bonds is 13. The number of carboxylic acid groups (broad SMARTS) is 1. The molecule has 0 bridgehead atoms. The van der Waals surface area contributed by atoms with E-state index in [1.807, 2.05) is 13.8 Å². The zero-order valence-electron chi connectivity index (χ0n) is 16.2. The maximum absolute atomic E-state index is 12.4. The highest BCUT2D eigenvalue weighted by molar-refractivity contribution is 5.94. The van der Waals surface area contributed by atoms with E-state index in [2.05, 4.69) is 15.6 Å². The van der Waals surface area contributed by atoms with Crippen LogP contribution in [0, 0.1) is 5.92 Å². The van der Waals surface area contributed by atoms with Crippen molar-refractivity contribution < 1.29 is 24.3 Å². The highest BCUT2D eigenvalue weighted by Gasteiger charge is 2.29. The summed E-state index contributed by atoms with van der Waals surface area (Å²) in [5, 5.41) is 13.9. The van der Waals surface area contributed by atoms with E-state index in [4.69, 9.17) is 22.9 Å². The molecule has 0 aliphatic heterocycles. The Hall–Kier alpha value is -2.89. The van der Waals surface area contributed by atoms with E-state index in [1.165, 1.54) is 0 Å². The molecule has 0 aromatic rings. The number of carbonyl (C=O) groups is 4. The summed E-state index contributed by atoms with van der Waals surface area (Å²) >= 11 is 0. The van der Waals surface area contributed by atoms with E-state index in [0.717, 1.165) is 0 Å². The minimum absolute atomic E-state index is 0.0436. The molecule has 0 rings (SSSR count). The molecule has 0 saturated heterocycles. The molecule has 12 nitrogen and oxygen atoms in total. The van der Waals surface area contributed by atoms with Gasteiger partial charge < -0.3 is 38.7 Å². The lowest BCUT2D eigenvalue weighted by Gasteiger charge is -2.22. The Morgan fingerprint density at radius 1 is 1.00 bits per heavy atom. The number of aliphatic carboxylic acids is 1. The Bertz CT molecular complexity index is 590. The molecule has 0 radical (unpaired) electrons. The molecule has 3 unspecified atom stereocenters. The van der Waals surface area contributed by atoms with Gasteiger partial charge in [-0.2, -0.15) is 0 Å². The first-order chi connectivity index (χ1) is 12.9. The van der Waals surface area contributed by atoms with Crippen LogP contribution in [0.3, 0.4) is 0 Å². The second-order valence-electron chi connectivity index (χ2n) is 6.82. The minimum Gasteiger partial charge on any atom is -0.480 e. The Labute approximate surface area is 163 Å². The van der Waals surface area contributed by atoms with Crippen molar-refractivity contribution in [2.75, 3.05) is 6.54 Å². The SMILES string of the molecule is CC(C)CC(N)C(=O)NC(CC(N)=O)C(=O)NC(CCCN=C(N)N)C(=O)O. The zero-order valence-corrected chi connectivity index (χ0v) is 16.2. The fraction of sp³-hybridized carbons (Fsp3) is 0.688. The van der Waals surface area contributed by atoms with Crippen LogP contribution in [0.25, 0.3) is 0 Å². The van der Waals surface area contributed by atoms with Crippen molar-refractivity contribution >= 4 is 29.7 Å². The van der Waals surface area contributed by atoms with Gasteiger partial charge in [0.25, 0.3) is 0 Å². The van der Waals surface area contributed by atoms with Crippen molar-refractivity contribution in [2.45, 2.75) is 57.7 Å². The minimum atomic E-state index is -1.33. The van der Waals surface area contributed by atoms with E-state index in [0.29, 0.717) is 12.8 Å². The lowest BCUT2D eigenvalue weighted by Crippen LogP contribution is -2.55. The molecule has 0 heterocycles. The standard InChI is InChI=1S/C16H31N7O5/c1-8(2)6-9(17)13(25)23-11(7-12(18)24)14(26)22-10(15(27)28)4-3-5-21-16(19)20/h8-11H,3-7,17H2,1-2H3,(H2,18,24)(H,22,26)(H,23,25)(H,27,28)(H4,19,20,21). The van der Waals surface area contributed by atoms with E-state index >= 15 is 0 Å². The number of hydrogen-bond acceptors (Lipinski definition) is 6. The van der Waals surface area contributed by atoms with Crippen LogP contribution in [-0.4, -0.2) is 59.4 Å². The normalized spacial score (nSPS) is 13.9. The second kappa shape index (κ2) is 12.5. The van der Waals surface area contributed by atoms with Crippen LogP contribution in [0.4, 0.5) is 0 Å². The Balaban J connectivity index is 5.00. The van der Waals surface area contributed by atoms with Crippen LogP contribution in [0.5, 0.6) is 0 Å². The number of nitrogens with zero attached hydrogens (tertiary/aromatic N) is 1. The Kier molecular flexibility index (Phi) is 11.2. The number of carboxylic acids is 1. The lowest BCUT2D eigenvalue weighted by molar-refractivity contribution is -0.142. The molecular formula is C16H31N7O5. The van der Waals surface area contributed by atoms with Crippen molar-refractivity contribution in [1.82, 2.24) is 10.6 Å². The molecule has 0 saturated carbocycles. The number of amides is 3. The number of guanidine groups is 1. The maximum Gasteiger partial charge on any atom is 0.326 e. The van der Waals surface area contributed by atoms with Gasteiger partial charge in [-0.3, -0.25) is 19.4 Å². The molecule has 3 amide bonds. The van der Waals surface area contributed by atoms with Crippen molar-refractivity contribution in [2.24, 2.45) is 33.8 Å². The fourth-order valence-corrected chi connectivity index (χ4v) is 2.34. The number of primary amides is 1. The predicted molar refractivity (Wildman–Crippen MR) is 103 cm³/mol. The van der Waals surface area contributed by atoms with Crippen molar-refractivity contribution in [1.29, 1.82) is 0 Å². The molecule has 0 aromatic heterocycles. The molecule has 0 spiro atoms. The van der Waals surface area contributed by atoms with Crippen LogP contribution in [-0.2, 0) is 19.2 Å². The van der Waals surface area contributed by atoms with Crippen molar-refractivity contribution in [3.8, 4) is 0 Å². The number of carbonyl (C=O) groups excluding carboxylic acids is 3. The van der Waals surface area contributed by atoms with Gasteiger partial charge in [-0.15, -0.1) is 0 Å². The third-order valence-corrected chi connectivity index (χ3v) is 3.66. The van der Waals surface area contributed by atoms with Crippen molar-refractivity contribution in [3.05, 3.63) is 0 Å². The van der Waals surface area contributed by atoms with Crippen LogP contribution < -0.4 is 33.6 Å². The summed E-state index contributed by atoms with van der Waals surface area (Å²) in [7, 11) is 0. The van der Waals surface area contributed by atoms with Crippen LogP contribution >= 0.6 is 0 Å². The quantitative estimate of drug-likeness (QED) is 0.0975. The average molecular weight is 401 g/mol. The summed E-state index contributed by atoms with van der Waals surface area (Å²) in [5.41, 5.74) is 21.3. The molecule has 12 heteroatoms. The number of hydrogen-bond donors (Lipinski definition) is 7. The summed E-state index contributed by atoms with van der Waals surface area (Å²) in [4.78, 5) is 50.9. The topological polar surface area (TPSA) is 229 Å². The molecule has 0 aliphatic carbocycles. The molecule has 0 aliphatic rings. The average Bonchev–Trinajstić information content (AvgIpc) is 2.55. The van der Waals surface area contributed by atoms with Gasteiger partial charge in [0.1, 0.15) is 12.1 Å². The summed E-state index contributed by atoms with van der Waals surface area (Å²) < 4.78 is 0. The van der Waals surface area contributed by atoms with E-state index in [1.54, 1.807) is 0 Å². The molecule has 160 valence electrons. The smallest absolute Gasteiger partial charge is 0.326 e. The van der Waals surface area contributed by atoms with Gasteiger partial charge >= 0.3 is 5.97 Å². The largest absolute Gasteiger partial charge is 0.480 e. The van der Waals surface area contributed by atoms with Crippen LogP contribution in [0.1, 0.15) is 39.5 Å². The Morgan fingerprint density at radius 2 is 1.57 bits per heavy atom.